The Labute approximate surface area is 149 Å². The number of aromatic nitrogens is 2. The molecule has 0 N–H and O–H groups in total. The molecule has 0 amide bonds. The normalized spacial score (nSPS) is 14.9. The Morgan fingerprint density at radius 3 is 2.68 bits per heavy atom. The summed E-state index contributed by atoms with van der Waals surface area (Å²) in [4.78, 5) is 10.4. The van der Waals surface area contributed by atoms with Crippen LogP contribution in [0.1, 0.15) is 43.7 Å². The van der Waals surface area contributed by atoms with Crippen LogP contribution in [0, 0.1) is 12.7 Å². The quantitative estimate of drug-likeness (QED) is 0.745. The fourth-order valence-corrected chi connectivity index (χ4v) is 3.55. The largest absolute Gasteiger partial charge is 0.444 e. The van der Waals surface area contributed by atoms with E-state index in [-0.39, 0.29) is 17.5 Å². The number of halogens is 1. The lowest BCUT2D eigenvalue weighted by molar-refractivity contribution is 0.271. The van der Waals surface area contributed by atoms with Crippen LogP contribution in [0.15, 0.2) is 16.7 Å². The van der Waals surface area contributed by atoms with Gasteiger partial charge in [0.15, 0.2) is 25.8 Å². The molecule has 7 heteroatoms. The van der Waals surface area contributed by atoms with E-state index in [0.29, 0.717) is 30.4 Å². The first kappa shape index (κ1) is 18.1. The van der Waals surface area contributed by atoms with Gasteiger partial charge in [-0.15, -0.1) is 0 Å². The molecule has 2 aromatic rings. The molecule has 25 heavy (non-hydrogen) atoms. The minimum absolute atomic E-state index is 0.0895. The number of aryl methyl sites for hydroxylation is 1. The Bertz CT molecular complexity index is 760. The Balaban J connectivity index is 1.76. The number of hydrogen-bond acceptors (Lipinski definition) is 5. The van der Waals surface area contributed by atoms with Gasteiger partial charge in [-0.1, -0.05) is 20.8 Å². The molecule has 136 valence electrons. The highest BCUT2D eigenvalue weighted by molar-refractivity contribution is 6.74. The van der Waals surface area contributed by atoms with Crippen LogP contribution in [-0.4, -0.2) is 18.3 Å². The lowest BCUT2D eigenvalue weighted by atomic mass is 10.2. The van der Waals surface area contributed by atoms with Gasteiger partial charge in [-0.05, 0) is 24.2 Å². The second kappa shape index (κ2) is 6.21. The van der Waals surface area contributed by atoms with E-state index in [1.807, 2.05) is 11.8 Å². The molecule has 0 unspecified atom stereocenters. The molecule has 0 aromatic carbocycles. The summed E-state index contributed by atoms with van der Waals surface area (Å²) in [6.45, 7) is 14.0. The molecule has 0 aliphatic carbocycles. The molecule has 0 saturated carbocycles. The molecule has 0 spiro atoms. The van der Waals surface area contributed by atoms with Crippen molar-refractivity contribution in [3.05, 3.63) is 41.0 Å². The van der Waals surface area contributed by atoms with Crippen molar-refractivity contribution in [1.29, 1.82) is 0 Å². The fraction of sp³-hybridized carbons (Fsp3) is 0.556. The second-order valence-corrected chi connectivity index (χ2v) is 12.9. The van der Waals surface area contributed by atoms with E-state index in [1.165, 1.54) is 0 Å². The maximum absolute atomic E-state index is 15.0. The van der Waals surface area contributed by atoms with Crippen LogP contribution in [0.4, 0.5) is 10.2 Å². The van der Waals surface area contributed by atoms with Crippen LogP contribution in [0.3, 0.4) is 0 Å². The maximum Gasteiger partial charge on any atom is 0.192 e. The van der Waals surface area contributed by atoms with E-state index in [9.17, 15) is 4.39 Å². The van der Waals surface area contributed by atoms with E-state index >= 15 is 0 Å². The number of oxazole rings is 1. The molecule has 5 nitrogen and oxygen atoms in total. The van der Waals surface area contributed by atoms with E-state index in [1.54, 1.807) is 12.3 Å². The number of rotatable bonds is 4. The molecule has 0 radical (unpaired) electrons. The second-order valence-electron chi connectivity index (χ2n) is 8.12. The Morgan fingerprint density at radius 1 is 1.32 bits per heavy atom. The monoisotopic (exact) mass is 363 g/mol. The van der Waals surface area contributed by atoms with Crippen molar-refractivity contribution in [2.75, 3.05) is 4.90 Å². The van der Waals surface area contributed by atoms with Crippen molar-refractivity contribution in [3.8, 4) is 0 Å². The van der Waals surface area contributed by atoms with Crippen LogP contribution < -0.4 is 4.90 Å². The summed E-state index contributed by atoms with van der Waals surface area (Å²) in [5, 5.41) is 0.0895. The number of fused-ring (bicyclic) bond motifs is 1. The minimum Gasteiger partial charge on any atom is -0.444 e. The summed E-state index contributed by atoms with van der Waals surface area (Å²) < 4.78 is 26.7. The lowest BCUT2D eigenvalue weighted by Crippen LogP contribution is -2.40. The summed E-state index contributed by atoms with van der Waals surface area (Å²) in [5.74, 6) is 1.46. The average molecular weight is 364 g/mol. The van der Waals surface area contributed by atoms with Gasteiger partial charge in [-0.3, -0.25) is 0 Å². The molecule has 0 saturated heterocycles. The zero-order valence-electron chi connectivity index (χ0n) is 15.8. The van der Waals surface area contributed by atoms with Gasteiger partial charge < -0.3 is 13.7 Å². The maximum atomic E-state index is 15.0. The molecular weight excluding hydrogens is 337 g/mol. The van der Waals surface area contributed by atoms with Crippen molar-refractivity contribution in [3.63, 3.8) is 0 Å². The zero-order chi connectivity index (χ0) is 18.4. The molecular formula is C18H26FN3O2Si. The highest BCUT2D eigenvalue weighted by Gasteiger charge is 2.37. The SMILES string of the molecule is Cc1nc2c(o1)CN(c1nccc(CO[Si](C)(C)C(C)(C)C)c1F)C2. The van der Waals surface area contributed by atoms with Crippen LogP contribution in [0.2, 0.25) is 18.1 Å². The predicted molar refractivity (Wildman–Crippen MR) is 97.3 cm³/mol. The first-order valence-corrected chi connectivity index (χ1v) is 11.5. The van der Waals surface area contributed by atoms with E-state index in [0.717, 1.165) is 11.5 Å². The molecule has 0 atom stereocenters. The van der Waals surface area contributed by atoms with Gasteiger partial charge in [0.05, 0.1) is 19.7 Å². The lowest BCUT2D eigenvalue weighted by Gasteiger charge is -2.36. The van der Waals surface area contributed by atoms with Crippen molar-refractivity contribution in [2.45, 2.75) is 65.5 Å². The van der Waals surface area contributed by atoms with Gasteiger partial charge in [0, 0.05) is 18.7 Å². The van der Waals surface area contributed by atoms with Crippen LogP contribution in [0.25, 0.3) is 0 Å². The number of pyridine rings is 1. The van der Waals surface area contributed by atoms with Crippen LogP contribution in [-0.2, 0) is 24.1 Å². The van der Waals surface area contributed by atoms with E-state index in [4.69, 9.17) is 8.84 Å². The number of nitrogens with zero attached hydrogens (tertiary/aromatic N) is 3. The first-order chi connectivity index (χ1) is 11.6. The van der Waals surface area contributed by atoms with Gasteiger partial charge in [-0.25, -0.2) is 14.4 Å². The van der Waals surface area contributed by atoms with Gasteiger partial charge >= 0.3 is 0 Å². The Kier molecular flexibility index (Phi) is 4.49. The molecule has 1 aliphatic heterocycles. The first-order valence-electron chi connectivity index (χ1n) is 8.56. The summed E-state index contributed by atoms with van der Waals surface area (Å²) in [6, 6.07) is 1.70. The van der Waals surface area contributed by atoms with Gasteiger partial charge in [-0.2, -0.15) is 0 Å². The standard InChI is InChI=1S/C18H26FN3O2Si/c1-12-21-14-9-22(10-15(14)24-12)17-16(19)13(7-8-20-17)11-23-25(5,6)18(2,3)4/h7-8H,9-11H2,1-6H3. The summed E-state index contributed by atoms with van der Waals surface area (Å²) in [5.41, 5.74) is 1.41. The molecule has 3 heterocycles. The number of hydrogen-bond donors (Lipinski definition) is 0. The topological polar surface area (TPSA) is 51.4 Å². The van der Waals surface area contributed by atoms with E-state index in [2.05, 4.69) is 43.8 Å². The summed E-state index contributed by atoms with van der Waals surface area (Å²) in [6.07, 6.45) is 1.64. The Morgan fingerprint density at radius 2 is 2.04 bits per heavy atom. The zero-order valence-corrected chi connectivity index (χ0v) is 16.8. The van der Waals surface area contributed by atoms with Crippen LogP contribution >= 0.6 is 0 Å². The third kappa shape index (κ3) is 3.48. The molecule has 3 rings (SSSR count). The van der Waals surface area contributed by atoms with Crippen molar-refractivity contribution in [2.24, 2.45) is 0 Å². The van der Waals surface area contributed by atoms with Crippen molar-refractivity contribution < 1.29 is 13.2 Å². The van der Waals surface area contributed by atoms with Crippen molar-refractivity contribution >= 4 is 14.1 Å². The fourth-order valence-electron chi connectivity index (χ4n) is 2.60. The molecule has 2 aromatic heterocycles. The number of anilines is 1. The summed E-state index contributed by atoms with van der Waals surface area (Å²) in [7, 11) is -1.93. The minimum atomic E-state index is -1.93. The predicted octanol–water partition coefficient (Wildman–Crippen LogP) is 4.56. The van der Waals surface area contributed by atoms with Gasteiger partial charge in [0.25, 0.3) is 0 Å². The molecule has 0 bridgehead atoms. The molecule has 0 fully saturated rings. The van der Waals surface area contributed by atoms with E-state index < -0.39 is 8.32 Å². The highest BCUT2D eigenvalue weighted by atomic mass is 28.4. The van der Waals surface area contributed by atoms with Gasteiger partial charge in [0.1, 0.15) is 11.5 Å². The van der Waals surface area contributed by atoms with Crippen molar-refractivity contribution in [1.82, 2.24) is 9.97 Å². The van der Waals surface area contributed by atoms with Gasteiger partial charge in [0.2, 0.25) is 0 Å². The Hall–Kier alpha value is -1.73. The third-order valence-corrected chi connectivity index (χ3v) is 9.68. The summed E-state index contributed by atoms with van der Waals surface area (Å²) >= 11 is 0. The van der Waals surface area contributed by atoms with Crippen LogP contribution in [0.5, 0.6) is 0 Å². The average Bonchev–Trinajstić information content (AvgIpc) is 3.02. The highest BCUT2D eigenvalue weighted by Crippen LogP contribution is 2.37. The smallest absolute Gasteiger partial charge is 0.192 e. The molecule has 1 aliphatic rings. The third-order valence-electron chi connectivity index (χ3n) is 5.21.